The maximum atomic E-state index is 11.9. The van der Waals surface area contributed by atoms with E-state index in [9.17, 15) is 4.79 Å². The van der Waals surface area contributed by atoms with Crippen molar-refractivity contribution < 1.29 is 9.53 Å². The number of rotatable bonds is 4. The van der Waals surface area contributed by atoms with Crippen LogP contribution in [0.2, 0.25) is 0 Å². The van der Waals surface area contributed by atoms with Crippen LogP contribution in [0.3, 0.4) is 0 Å². The normalized spacial score (nSPS) is 11.2. The first-order valence-corrected chi connectivity index (χ1v) is 9.15. The lowest BCUT2D eigenvalue weighted by atomic mass is 10.2. The minimum Gasteiger partial charge on any atom is -0.444 e. The molecule has 1 amide bonds. The van der Waals surface area contributed by atoms with Gasteiger partial charge in [0.05, 0.1) is 17.9 Å². The Kier molecular flexibility index (Phi) is 5.77. The molecule has 0 aliphatic heterocycles. The van der Waals surface area contributed by atoms with E-state index < -0.39 is 11.7 Å². The molecule has 0 aliphatic carbocycles. The molecule has 1 aromatic heterocycles. The van der Waals surface area contributed by atoms with Crippen LogP contribution in [0.25, 0.3) is 0 Å². The lowest BCUT2D eigenvalue weighted by Gasteiger charge is -2.22. The van der Waals surface area contributed by atoms with E-state index in [1.807, 2.05) is 44.2 Å². The van der Waals surface area contributed by atoms with Crippen LogP contribution in [-0.2, 0) is 11.3 Å². The van der Waals surface area contributed by atoms with E-state index >= 15 is 0 Å². The molecule has 0 aliphatic rings. The molecule has 0 spiro atoms. The smallest absolute Gasteiger partial charge is 0.412 e. The van der Waals surface area contributed by atoms with Crippen molar-refractivity contribution >= 4 is 50.4 Å². The second-order valence-corrected chi connectivity index (χ2v) is 8.40. The van der Waals surface area contributed by atoms with Gasteiger partial charge in [-0.2, -0.15) is 0 Å². The number of amides is 1. The molecule has 0 unspecified atom stereocenters. The van der Waals surface area contributed by atoms with Gasteiger partial charge in [-0.3, -0.25) is 5.32 Å². The minimum absolute atomic E-state index is 0.483. The summed E-state index contributed by atoms with van der Waals surface area (Å²) in [5, 5.41) is 4.79. The van der Waals surface area contributed by atoms with Gasteiger partial charge in [0, 0.05) is 27.5 Å². The molecular formula is C17H22BrN3O2S. The van der Waals surface area contributed by atoms with E-state index in [1.54, 1.807) is 23.5 Å². The zero-order chi connectivity index (χ0) is 17.9. The van der Waals surface area contributed by atoms with E-state index in [2.05, 4.69) is 27.3 Å². The van der Waals surface area contributed by atoms with Gasteiger partial charge in [0.25, 0.3) is 0 Å². The van der Waals surface area contributed by atoms with Crippen LogP contribution in [-0.4, -0.2) is 18.7 Å². The summed E-state index contributed by atoms with van der Waals surface area (Å²) in [7, 11) is 1.97. The molecule has 0 radical (unpaired) electrons. The minimum atomic E-state index is -0.538. The van der Waals surface area contributed by atoms with Crippen molar-refractivity contribution in [1.29, 1.82) is 0 Å². The van der Waals surface area contributed by atoms with Gasteiger partial charge in [-0.25, -0.2) is 4.79 Å². The number of ether oxygens (including phenoxy) is 1. The predicted octanol–water partition coefficient (Wildman–Crippen LogP) is 5.08. The third kappa shape index (κ3) is 5.42. The van der Waals surface area contributed by atoms with E-state index in [0.29, 0.717) is 11.4 Å². The average Bonchev–Trinajstić information content (AvgIpc) is 2.84. The zero-order valence-electron chi connectivity index (χ0n) is 14.2. The molecule has 1 heterocycles. The highest BCUT2D eigenvalue weighted by Crippen LogP contribution is 2.29. The number of nitrogens with two attached hydrogens (primary N) is 1. The van der Waals surface area contributed by atoms with Gasteiger partial charge < -0.3 is 15.4 Å². The first kappa shape index (κ1) is 18.6. The van der Waals surface area contributed by atoms with Gasteiger partial charge >= 0.3 is 6.09 Å². The molecular weight excluding hydrogens is 390 g/mol. The Labute approximate surface area is 154 Å². The van der Waals surface area contributed by atoms with Crippen molar-refractivity contribution in [3.05, 3.63) is 39.0 Å². The Morgan fingerprint density at radius 3 is 2.67 bits per heavy atom. The fraction of sp³-hybridized carbons (Fsp3) is 0.353. The van der Waals surface area contributed by atoms with Crippen molar-refractivity contribution in [2.45, 2.75) is 32.9 Å². The van der Waals surface area contributed by atoms with Gasteiger partial charge in [-0.15, -0.1) is 11.3 Å². The number of carbonyl (C=O) groups is 1. The Hall–Kier alpha value is -1.73. The standard InChI is InChI=1S/C17H22BrN3O2S/c1-17(2,3)23-16(22)20-12-5-6-14(19)15(8-12)21(4)9-13-7-11(18)10-24-13/h5-8,10H,9,19H2,1-4H3,(H,20,22). The fourth-order valence-electron chi connectivity index (χ4n) is 2.13. The van der Waals surface area contributed by atoms with Crippen LogP contribution >= 0.6 is 27.3 Å². The highest BCUT2D eigenvalue weighted by Gasteiger charge is 2.17. The summed E-state index contributed by atoms with van der Waals surface area (Å²) in [6, 6.07) is 7.48. The molecule has 24 heavy (non-hydrogen) atoms. The Bertz CT molecular complexity index is 725. The number of benzene rings is 1. The van der Waals surface area contributed by atoms with E-state index in [-0.39, 0.29) is 0 Å². The van der Waals surface area contributed by atoms with E-state index in [4.69, 9.17) is 10.5 Å². The summed E-state index contributed by atoms with van der Waals surface area (Å²) in [4.78, 5) is 15.2. The number of halogens is 1. The zero-order valence-corrected chi connectivity index (χ0v) is 16.6. The van der Waals surface area contributed by atoms with Crippen LogP contribution in [0.1, 0.15) is 25.6 Å². The van der Waals surface area contributed by atoms with Crippen LogP contribution in [0, 0.1) is 0 Å². The fourth-order valence-corrected chi connectivity index (χ4v) is 3.63. The Morgan fingerprint density at radius 1 is 1.38 bits per heavy atom. The Balaban J connectivity index is 2.11. The first-order valence-electron chi connectivity index (χ1n) is 7.47. The van der Waals surface area contributed by atoms with Gasteiger partial charge in [0.1, 0.15) is 5.60 Å². The van der Waals surface area contributed by atoms with Crippen LogP contribution in [0.5, 0.6) is 0 Å². The van der Waals surface area contributed by atoms with Gasteiger partial charge in [0.2, 0.25) is 0 Å². The summed E-state index contributed by atoms with van der Waals surface area (Å²) >= 11 is 5.14. The average molecular weight is 412 g/mol. The number of nitrogens with one attached hydrogen (secondary N) is 1. The number of hydrogen-bond donors (Lipinski definition) is 2. The highest BCUT2D eigenvalue weighted by atomic mass is 79.9. The molecule has 2 aromatic rings. The number of carbonyl (C=O) groups excluding carboxylic acids is 1. The van der Waals surface area contributed by atoms with Crippen LogP contribution in [0.4, 0.5) is 21.9 Å². The molecule has 2 rings (SSSR count). The first-order chi connectivity index (χ1) is 11.1. The second kappa shape index (κ2) is 7.44. The molecule has 0 saturated carbocycles. The predicted molar refractivity (Wildman–Crippen MR) is 105 cm³/mol. The quantitative estimate of drug-likeness (QED) is 0.688. The number of thiophene rings is 1. The second-order valence-electron chi connectivity index (χ2n) is 6.49. The molecule has 0 saturated heterocycles. The van der Waals surface area contributed by atoms with E-state index in [0.717, 1.165) is 16.7 Å². The third-order valence-electron chi connectivity index (χ3n) is 3.10. The molecule has 0 fully saturated rings. The summed E-state index contributed by atoms with van der Waals surface area (Å²) in [6.07, 6.45) is -0.483. The molecule has 0 bridgehead atoms. The van der Waals surface area contributed by atoms with E-state index in [1.165, 1.54) is 4.88 Å². The summed E-state index contributed by atoms with van der Waals surface area (Å²) in [6.45, 7) is 6.21. The molecule has 5 nitrogen and oxygen atoms in total. The molecule has 1 aromatic carbocycles. The summed E-state index contributed by atoms with van der Waals surface area (Å²) in [5.41, 5.74) is 7.71. The Morgan fingerprint density at radius 2 is 2.08 bits per heavy atom. The molecule has 7 heteroatoms. The van der Waals surface area contributed by atoms with Crippen molar-refractivity contribution in [2.75, 3.05) is 23.0 Å². The number of anilines is 3. The number of nitrogens with zero attached hydrogens (tertiary/aromatic N) is 1. The summed E-state index contributed by atoms with van der Waals surface area (Å²) in [5.74, 6) is 0. The topological polar surface area (TPSA) is 67.6 Å². The van der Waals surface area contributed by atoms with Crippen molar-refractivity contribution in [1.82, 2.24) is 0 Å². The number of nitrogen functional groups attached to an aromatic ring is 1. The SMILES string of the molecule is CN(Cc1cc(Br)cs1)c1cc(NC(=O)OC(C)(C)C)ccc1N. The van der Waals surface area contributed by atoms with Crippen LogP contribution < -0.4 is 16.0 Å². The van der Waals surface area contributed by atoms with Crippen LogP contribution in [0.15, 0.2) is 34.1 Å². The summed E-state index contributed by atoms with van der Waals surface area (Å²) < 4.78 is 6.35. The lowest BCUT2D eigenvalue weighted by Crippen LogP contribution is -2.27. The van der Waals surface area contributed by atoms with Gasteiger partial charge in [-0.1, -0.05) is 0 Å². The lowest BCUT2D eigenvalue weighted by molar-refractivity contribution is 0.0636. The molecule has 3 N–H and O–H groups in total. The van der Waals surface area contributed by atoms with Crippen molar-refractivity contribution in [3.63, 3.8) is 0 Å². The number of hydrogen-bond acceptors (Lipinski definition) is 5. The van der Waals surface area contributed by atoms with Gasteiger partial charge in [-0.05, 0) is 61.0 Å². The maximum absolute atomic E-state index is 11.9. The van der Waals surface area contributed by atoms with Gasteiger partial charge in [0.15, 0.2) is 0 Å². The molecule has 130 valence electrons. The maximum Gasteiger partial charge on any atom is 0.412 e. The molecule has 0 atom stereocenters. The third-order valence-corrected chi connectivity index (χ3v) is 4.78. The largest absolute Gasteiger partial charge is 0.444 e. The highest BCUT2D eigenvalue weighted by molar-refractivity contribution is 9.10. The van der Waals surface area contributed by atoms with Crippen molar-refractivity contribution in [2.24, 2.45) is 0 Å². The van der Waals surface area contributed by atoms with Crippen molar-refractivity contribution in [3.8, 4) is 0 Å². The monoisotopic (exact) mass is 411 g/mol.